The fourth-order valence-corrected chi connectivity index (χ4v) is 3.87. The average molecular weight is 495 g/mol. The van der Waals surface area contributed by atoms with Gasteiger partial charge in [-0.3, -0.25) is 14.9 Å². The van der Waals surface area contributed by atoms with E-state index in [9.17, 15) is 14.4 Å². The lowest BCUT2D eigenvalue weighted by Crippen LogP contribution is -2.37. The topological polar surface area (TPSA) is 99.8 Å². The first-order valence-electron chi connectivity index (χ1n) is 10.1. The Morgan fingerprint density at radius 3 is 2.53 bits per heavy atom. The van der Waals surface area contributed by atoms with Crippen LogP contribution < -0.4 is 25.6 Å². The number of carbonyl (C=O) groups excluding carboxylic acids is 3. The van der Waals surface area contributed by atoms with E-state index in [1.54, 1.807) is 61.7 Å². The number of nitrogens with zero attached hydrogens (tertiary/aromatic N) is 1. The Kier molecular flexibility index (Phi) is 6.76. The smallest absolute Gasteiger partial charge is 0.325 e. The second kappa shape index (κ2) is 9.90. The molecule has 0 spiro atoms. The second-order valence-corrected chi connectivity index (χ2v) is 8.12. The van der Waals surface area contributed by atoms with Crippen LogP contribution in [0, 0.1) is 0 Å². The van der Waals surface area contributed by atoms with Gasteiger partial charge in [0.1, 0.15) is 5.75 Å². The van der Waals surface area contributed by atoms with Gasteiger partial charge in [0.25, 0.3) is 11.7 Å². The summed E-state index contributed by atoms with van der Waals surface area (Å²) in [6, 6.07) is 18.2. The third-order valence-electron chi connectivity index (χ3n) is 5.07. The number of hydrogen-bond acceptors (Lipinski definition) is 5. The van der Waals surface area contributed by atoms with Gasteiger partial charge in [0.05, 0.1) is 24.9 Å². The number of ketones is 1. The van der Waals surface area contributed by atoms with Crippen LogP contribution in [0.15, 0.2) is 66.7 Å². The zero-order chi connectivity index (χ0) is 24.2. The molecule has 0 atom stereocenters. The van der Waals surface area contributed by atoms with Crippen molar-refractivity contribution in [2.75, 3.05) is 22.6 Å². The summed E-state index contributed by atoms with van der Waals surface area (Å²) >= 11 is 11.4. The van der Waals surface area contributed by atoms with Crippen LogP contribution in [0.1, 0.15) is 15.9 Å². The van der Waals surface area contributed by atoms with Crippen molar-refractivity contribution in [3.05, 3.63) is 82.9 Å². The fraction of sp³-hybridized carbons (Fsp3) is 0.0833. The van der Waals surface area contributed by atoms with Crippen molar-refractivity contribution in [2.24, 2.45) is 0 Å². The lowest BCUT2D eigenvalue weighted by Gasteiger charge is -2.17. The number of halogens is 1. The molecule has 1 aliphatic rings. The van der Waals surface area contributed by atoms with E-state index in [-0.39, 0.29) is 17.2 Å². The molecule has 0 radical (unpaired) electrons. The Bertz CT molecular complexity index is 1310. The molecular weight excluding hydrogens is 476 g/mol. The Morgan fingerprint density at radius 1 is 1.00 bits per heavy atom. The molecule has 0 saturated carbocycles. The molecule has 8 nitrogen and oxygen atoms in total. The summed E-state index contributed by atoms with van der Waals surface area (Å²) in [4.78, 5) is 38.9. The number of fused-ring (bicyclic) bond motifs is 1. The highest BCUT2D eigenvalue weighted by Crippen LogP contribution is 2.33. The molecule has 0 unspecified atom stereocenters. The van der Waals surface area contributed by atoms with Crippen LogP contribution in [0.4, 0.5) is 21.9 Å². The normalized spacial score (nSPS) is 12.2. The SMILES string of the molecule is COc1cccc(NC(=S)NC(=O)Nc2ccc3c(c2)C(=O)C(=O)N3Cc2ccccc2Cl)c1. The highest BCUT2D eigenvalue weighted by atomic mass is 35.5. The molecule has 3 amide bonds. The minimum Gasteiger partial charge on any atom is -0.497 e. The molecule has 1 heterocycles. The minimum atomic E-state index is -0.653. The van der Waals surface area contributed by atoms with Crippen LogP contribution in [0.3, 0.4) is 0 Å². The van der Waals surface area contributed by atoms with Crippen molar-refractivity contribution in [3.63, 3.8) is 0 Å². The molecule has 0 aromatic heterocycles. The number of carbonyl (C=O) groups is 3. The molecule has 172 valence electrons. The highest BCUT2D eigenvalue weighted by Gasteiger charge is 2.36. The van der Waals surface area contributed by atoms with Gasteiger partial charge in [0.15, 0.2) is 5.11 Å². The number of anilines is 3. The van der Waals surface area contributed by atoms with E-state index in [2.05, 4.69) is 16.0 Å². The molecule has 34 heavy (non-hydrogen) atoms. The number of benzene rings is 3. The number of Topliss-reactive ketones (excluding diaryl/α,β-unsaturated/α-hetero) is 1. The van der Waals surface area contributed by atoms with Gasteiger partial charge in [-0.2, -0.15) is 0 Å². The summed E-state index contributed by atoms with van der Waals surface area (Å²) in [5.41, 5.74) is 2.35. The van der Waals surface area contributed by atoms with E-state index in [0.717, 1.165) is 5.56 Å². The van der Waals surface area contributed by atoms with Crippen LogP contribution in [0.25, 0.3) is 0 Å². The van der Waals surface area contributed by atoms with Gasteiger partial charge >= 0.3 is 6.03 Å². The number of hydrogen-bond donors (Lipinski definition) is 3. The lowest BCUT2D eigenvalue weighted by atomic mass is 10.1. The van der Waals surface area contributed by atoms with Gasteiger partial charge < -0.3 is 20.3 Å². The molecule has 3 aromatic rings. The Labute approximate surface area is 205 Å². The van der Waals surface area contributed by atoms with Gasteiger partial charge in [-0.15, -0.1) is 0 Å². The van der Waals surface area contributed by atoms with Gasteiger partial charge in [0.2, 0.25) is 0 Å². The van der Waals surface area contributed by atoms with Gasteiger partial charge in [-0.1, -0.05) is 35.9 Å². The van der Waals surface area contributed by atoms with Crippen molar-refractivity contribution in [3.8, 4) is 5.75 Å². The number of nitrogens with one attached hydrogen (secondary N) is 3. The monoisotopic (exact) mass is 494 g/mol. The van der Waals surface area contributed by atoms with Crippen LogP contribution in [0.5, 0.6) is 5.75 Å². The summed E-state index contributed by atoms with van der Waals surface area (Å²) in [5.74, 6) is -0.667. The molecule has 0 bridgehead atoms. The molecular formula is C24H19ClN4O4S. The molecule has 0 fully saturated rings. The van der Waals surface area contributed by atoms with Crippen molar-refractivity contribution >= 4 is 63.7 Å². The number of thiocarbonyl (C=S) groups is 1. The predicted octanol–water partition coefficient (Wildman–Crippen LogP) is 4.60. The minimum absolute atomic E-state index is 0.0732. The third kappa shape index (κ3) is 5.00. The average Bonchev–Trinajstić information content (AvgIpc) is 3.04. The molecule has 3 aromatic carbocycles. The van der Waals surface area contributed by atoms with Crippen LogP contribution in [-0.4, -0.2) is 29.9 Å². The molecule has 3 N–H and O–H groups in total. The van der Waals surface area contributed by atoms with Crippen LogP contribution in [-0.2, 0) is 11.3 Å². The number of amides is 3. The van der Waals surface area contributed by atoms with E-state index < -0.39 is 17.7 Å². The standard InChI is InChI=1S/C24H19ClN4O4S/c1-33-17-7-4-6-15(11-17)27-24(34)28-23(32)26-16-9-10-20-18(12-16)21(30)22(31)29(20)13-14-5-2-3-8-19(14)25/h2-12H,13H2,1H3,(H3,26,27,28,32,34). The highest BCUT2D eigenvalue weighted by molar-refractivity contribution is 7.80. The van der Waals surface area contributed by atoms with Crippen molar-refractivity contribution in [2.45, 2.75) is 6.54 Å². The van der Waals surface area contributed by atoms with Gasteiger partial charge in [-0.05, 0) is 54.2 Å². The molecule has 0 aliphatic carbocycles. The van der Waals surface area contributed by atoms with E-state index in [1.165, 1.54) is 11.0 Å². The first-order chi connectivity index (χ1) is 16.4. The number of methoxy groups -OCH3 is 1. The lowest BCUT2D eigenvalue weighted by molar-refractivity contribution is -0.114. The summed E-state index contributed by atoms with van der Waals surface area (Å²) in [6.07, 6.45) is 0. The van der Waals surface area contributed by atoms with E-state index in [1.807, 2.05) is 6.07 Å². The van der Waals surface area contributed by atoms with Gasteiger partial charge in [0, 0.05) is 22.5 Å². The van der Waals surface area contributed by atoms with Gasteiger partial charge in [-0.25, -0.2) is 4.79 Å². The number of urea groups is 1. The predicted molar refractivity (Wildman–Crippen MR) is 135 cm³/mol. The molecule has 4 rings (SSSR count). The van der Waals surface area contributed by atoms with Crippen molar-refractivity contribution in [1.29, 1.82) is 0 Å². The van der Waals surface area contributed by atoms with Crippen LogP contribution >= 0.6 is 23.8 Å². The summed E-state index contributed by atoms with van der Waals surface area (Å²) < 4.78 is 5.15. The summed E-state index contributed by atoms with van der Waals surface area (Å²) in [5, 5.41) is 8.58. The molecule has 10 heteroatoms. The first-order valence-corrected chi connectivity index (χ1v) is 10.9. The summed E-state index contributed by atoms with van der Waals surface area (Å²) in [7, 11) is 1.55. The maximum Gasteiger partial charge on any atom is 0.325 e. The fourth-order valence-electron chi connectivity index (χ4n) is 3.46. The van der Waals surface area contributed by atoms with E-state index in [4.69, 9.17) is 28.6 Å². The van der Waals surface area contributed by atoms with Crippen LogP contribution in [0.2, 0.25) is 5.02 Å². The first kappa shape index (κ1) is 23.2. The molecule has 1 aliphatic heterocycles. The second-order valence-electron chi connectivity index (χ2n) is 7.31. The Morgan fingerprint density at radius 2 is 1.76 bits per heavy atom. The Hall–Kier alpha value is -3.95. The Balaban J connectivity index is 1.43. The maximum atomic E-state index is 12.6. The van der Waals surface area contributed by atoms with Crippen molar-refractivity contribution in [1.82, 2.24) is 5.32 Å². The molecule has 0 saturated heterocycles. The number of rotatable bonds is 5. The maximum absolute atomic E-state index is 12.6. The number of ether oxygens (including phenoxy) is 1. The quantitative estimate of drug-likeness (QED) is 0.354. The zero-order valence-electron chi connectivity index (χ0n) is 17.9. The van der Waals surface area contributed by atoms with E-state index >= 15 is 0 Å². The summed E-state index contributed by atoms with van der Waals surface area (Å²) in [6.45, 7) is 0.161. The van der Waals surface area contributed by atoms with Crippen molar-refractivity contribution < 1.29 is 19.1 Å². The largest absolute Gasteiger partial charge is 0.497 e. The van der Waals surface area contributed by atoms with E-state index in [0.29, 0.717) is 27.8 Å². The zero-order valence-corrected chi connectivity index (χ0v) is 19.5. The third-order valence-corrected chi connectivity index (χ3v) is 5.64.